The largest absolute Gasteiger partial charge is 0.481 e. The summed E-state index contributed by atoms with van der Waals surface area (Å²) in [6, 6.07) is 0. The van der Waals surface area contributed by atoms with Gasteiger partial charge in [0.1, 0.15) is 0 Å². The van der Waals surface area contributed by atoms with E-state index in [9.17, 15) is 9.59 Å². The van der Waals surface area contributed by atoms with E-state index in [1.165, 1.54) is 7.11 Å². The monoisotopic (exact) mass is 201 g/mol. The van der Waals surface area contributed by atoms with Crippen molar-refractivity contribution in [2.75, 3.05) is 26.7 Å². The minimum Gasteiger partial charge on any atom is -0.481 e. The summed E-state index contributed by atoms with van der Waals surface area (Å²) in [7, 11) is 1.38. The van der Waals surface area contributed by atoms with Crippen molar-refractivity contribution >= 4 is 11.9 Å². The fourth-order valence-corrected chi connectivity index (χ4v) is 1.65. The van der Waals surface area contributed by atoms with Crippen molar-refractivity contribution in [3.63, 3.8) is 0 Å². The fraction of sp³-hybridized carbons (Fsp3) is 0.778. The van der Waals surface area contributed by atoms with E-state index < -0.39 is 5.97 Å². The first-order valence-electron chi connectivity index (χ1n) is 4.65. The molecule has 0 aliphatic carbocycles. The average molecular weight is 201 g/mol. The molecule has 1 heterocycles. The normalized spacial score (nSPS) is 22.2. The molecule has 80 valence electrons. The van der Waals surface area contributed by atoms with Crippen molar-refractivity contribution in [3.05, 3.63) is 0 Å². The highest BCUT2D eigenvalue weighted by atomic mass is 16.5. The maximum atomic E-state index is 11.1. The fourth-order valence-electron chi connectivity index (χ4n) is 1.65. The van der Waals surface area contributed by atoms with Crippen molar-refractivity contribution in [2.45, 2.75) is 12.8 Å². The molecule has 0 saturated carbocycles. The average Bonchev–Trinajstić information content (AvgIpc) is 2.62. The van der Waals surface area contributed by atoms with Crippen molar-refractivity contribution < 1.29 is 19.4 Å². The summed E-state index contributed by atoms with van der Waals surface area (Å²) in [5, 5.41) is 8.48. The first-order valence-corrected chi connectivity index (χ1v) is 4.65. The number of methoxy groups -OCH3 is 1. The van der Waals surface area contributed by atoms with E-state index in [2.05, 4.69) is 4.74 Å². The van der Waals surface area contributed by atoms with Crippen molar-refractivity contribution in [1.82, 2.24) is 4.90 Å². The van der Waals surface area contributed by atoms with E-state index in [0.717, 1.165) is 13.0 Å². The molecule has 0 spiro atoms. The summed E-state index contributed by atoms with van der Waals surface area (Å²) in [6.07, 6.45) is 0.903. The van der Waals surface area contributed by atoms with Crippen LogP contribution in [0.1, 0.15) is 12.8 Å². The minimum absolute atomic E-state index is 0.0752. The Kier molecular flexibility index (Phi) is 3.88. The third kappa shape index (κ3) is 2.99. The predicted molar refractivity (Wildman–Crippen MR) is 48.8 cm³/mol. The van der Waals surface area contributed by atoms with Crippen LogP contribution in [0.4, 0.5) is 0 Å². The summed E-state index contributed by atoms with van der Waals surface area (Å²) in [5.41, 5.74) is 0. The van der Waals surface area contributed by atoms with Crippen LogP contribution in [0.2, 0.25) is 0 Å². The molecule has 0 radical (unpaired) electrons. The number of carbonyl (C=O) groups is 2. The molecule has 0 aromatic heterocycles. The standard InChI is InChI=1S/C9H15NO4/c1-14-9(13)7-2-4-10(6-7)5-3-8(11)12/h7H,2-6H2,1H3,(H,11,12)/t7-/m1/s1. The van der Waals surface area contributed by atoms with Gasteiger partial charge in [-0.3, -0.25) is 9.59 Å². The molecule has 5 heteroatoms. The number of hydrogen-bond acceptors (Lipinski definition) is 4. The van der Waals surface area contributed by atoms with E-state index >= 15 is 0 Å². The zero-order chi connectivity index (χ0) is 10.6. The highest BCUT2D eigenvalue weighted by Crippen LogP contribution is 2.17. The Hall–Kier alpha value is -1.10. The summed E-state index contributed by atoms with van der Waals surface area (Å²) in [6.45, 7) is 1.93. The first-order chi connectivity index (χ1) is 6.63. The molecule has 14 heavy (non-hydrogen) atoms. The summed E-state index contributed by atoms with van der Waals surface area (Å²) in [4.78, 5) is 23.4. The van der Waals surface area contributed by atoms with Gasteiger partial charge in [0.2, 0.25) is 0 Å². The lowest BCUT2D eigenvalue weighted by atomic mass is 10.1. The van der Waals surface area contributed by atoms with Gasteiger partial charge in [-0.05, 0) is 13.0 Å². The Morgan fingerprint density at radius 1 is 1.57 bits per heavy atom. The predicted octanol–water partition coefficient (Wildman–Crippen LogP) is -0.0440. The molecule has 0 bridgehead atoms. The van der Waals surface area contributed by atoms with Crippen LogP contribution in [0, 0.1) is 5.92 Å². The molecule has 1 N–H and O–H groups in total. The van der Waals surface area contributed by atoms with Crippen LogP contribution in [0.3, 0.4) is 0 Å². The molecule has 0 amide bonds. The molecule has 1 saturated heterocycles. The molecule has 0 aromatic rings. The van der Waals surface area contributed by atoms with Crippen molar-refractivity contribution in [3.8, 4) is 0 Å². The van der Waals surface area contributed by atoms with Gasteiger partial charge in [0.15, 0.2) is 0 Å². The van der Waals surface area contributed by atoms with Gasteiger partial charge in [-0.2, -0.15) is 0 Å². The van der Waals surface area contributed by atoms with Crippen LogP contribution in [0.15, 0.2) is 0 Å². The number of likely N-dealkylation sites (tertiary alicyclic amines) is 1. The second-order valence-electron chi connectivity index (χ2n) is 3.45. The second kappa shape index (κ2) is 4.95. The molecule has 1 fully saturated rings. The first kappa shape index (κ1) is 11.0. The third-order valence-corrected chi connectivity index (χ3v) is 2.45. The molecule has 1 aliphatic heterocycles. The zero-order valence-corrected chi connectivity index (χ0v) is 8.23. The number of esters is 1. The van der Waals surface area contributed by atoms with Crippen LogP contribution in [-0.2, 0) is 14.3 Å². The van der Waals surface area contributed by atoms with Gasteiger partial charge < -0.3 is 14.7 Å². The minimum atomic E-state index is -0.800. The number of rotatable bonds is 4. The Morgan fingerprint density at radius 3 is 2.86 bits per heavy atom. The van der Waals surface area contributed by atoms with Crippen molar-refractivity contribution in [2.24, 2.45) is 5.92 Å². The van der Waals surface area contributed by atoms with Gasteiger partial charge in [-0.15, -0.1) is 0 Å². The number of carboxylic acid groups (broad SMARTS) is 1. The molecule has 0 unspecified atom stereocenters. The molecular weight excluding hydrogens is 186 g/mol. The number of aliphatic carboxylic acids is 1. The molecule has 0 aromatic carbocycles. The number of ether oxygens (including phenoxy) is 1. The lowest BCUT2D eigenvalue weighted by Gasteiger charge is -2.13. The number of carboxylic acids is 1. The molecular formula is C9H15NO4. The van der Waals surface area contributed by atoms with Gasteiger partial charge >= 0.3 is 11.9 Å². The third-order valence-electron chi connectivity index (χ3n) is 2.45. The van der Waals surface area contributed by atoms with E-state index in [1.807, 2.05) is 4.90 Å². The maximum Gasteiger partial charge on any atom is 0.310 e. The summed E-state index contributed by atoms with van der Waals surface area (Å²) < 4.78 is 4.63. The van der Waals surface area contributed by atoms with E-state index in [1.54, 1.807) is 0 Å². The number of carbonyl (C=O) groups excluding carboxylic acids is 1. The van der Waals surface area contributed by atoms with E-state index in [-0.39, 0.29) is 18.3 Å². The van der Waals surface area contributed by atoms with Gasteiger partial charge in [0, 0.05) is 13.1 Å². The van der Waals surface area contributed by atoms with Gasteiger partial charge in [0.25, 0.3) is 0 Å². The molecule has 1 atom stereocenters. The second-order valence-corrected chi connectivity index (χ2v) is 3.45. The van der Waals surface area contributed by atoms with Crippen LogP contribution in [0.5, 0.6) is 0 Å². The quantitative estimate of drug-likeness (QED) is 0.646. The molecule has 1 rings (SSSR count). The van der Waals surface area contributed by atoms with Crippen LogP contribution < -0.4 is 0 Å². The van der Waals surface area contributed by atoms with E-state index in [4.69, 9.17) is 5.11 Å². The zero-order valence-electron chi connectivity index (χ0n) is 8.23. The van der Waals surface area contributed by atoms with Gasteiger partial charge in [-0.1, -0.05) is 0 Å². The van der Waals surface area contributed by atoms with Crippen molar-refractivity contribution in [1.29, 1.82) is 0 Å². The lowest BCUT2D eigenvalue weighted by Crippen LogP contribution is -2.26. The summed E-state index contributed by atoms with van der Waals surface area (Å²) in [5.74, 6) is -1.07. The Bertz CT molecular complexity index is 229. The maximum absolute atomic E-state index is 11.1. The summed E-state index contributed by atoms with van der Waals surface area (Å²) >= 11 is 0. The topological polar surface area (TPSA) is 66.8 Å². The van der Waals surface area contributed by atoms with Crippen LogP contribution in [0.25, 0.3) is 0 Å². The Morgan fingerprint density at radius 2 is 2.29 bits per heavy atom. The van der Waals surface area contributed by atoms with E-state index in [0.29, 0.717) is 13.1 Å². The van der Waals surface area contributed by atoms with Gasteiger partial charge in [-0.25, -0.2) is 0 Å². The Balaban J connectivity index is 2.27. The highest BCUT2D eigenvalue weighted by Gasteiger charge is 2.28. The SMILES string of the molecule is COC(=O)[C@@H]1CCN(CCC(=O)O)C1. The Labute approximate surface area is 82.6 Å². The number of nitrogens with zero attached hydrogens (tertiary/aromatic N) is 1. The van der Waals surface area contributed by atoms with Crippen LogP contribution in [-0.4, -0.2) is 48.7 Å². The molecule has 1 aliphatic rings. The van der Waals surface area contributed by atoms with Gasteiger partial charge in [0.05, 0.1) is 19.4 Å². The van der Waals surface area contributed by atoms with Crippen LogP contribution >= 0.6 is 0 Å². The highest BCUT2D eigenvalue weighted by molar-refractivity contribution is 5.73. The molecule has 5 nitrogen and oxygen atoms in total. The smallest absolute Gasteiger partial charge is 0.310 e. The number of hydrogen-bond donors (Lipinski definition) is 1. The lowest BCUT2D eigenvalue weighted by molar-refractivity contribution is -0.144.